The maximum atomic E-state index is 11.0. The number of benzene rings is 1. The normalized spacial score (nSPS) is 12.8. The molecule has 82 valence electrons. The van der Waals surface area contributed by atoms with Gasteiger partial charge >= 0.3 is 0 Å². The fourth-order valence-electron chi connectivity index (χ4n) is 1.25. The summed E-state index contributed by atoms with van der Waals surface area (Å²) in [6.07, 6.45) is 0. The number of nitrogens with two attached hydrogens (primary N) is 1. The standard InChI is InChI=1S/C11H15BrN2O/c1-8(11(13)15)14(2)7-9-5-3-4-6-10(9)12/h3-6,8H,7H2,1-2H3,(H2,13,15). The molecule has 0 aliphatic heterocycles. The predicted molar refractivity (Wildman–Crippen MR) is 64.3 cm³/mol. The Morgan fingerprint density at radius 1 is 1.53 bits per heavy atom. The fourth-order valence-corrected chi connectivity index (χ4v) is 1.66. The summed E-state index contributed by atoms with van der Waals surface area (Å²) in [4.78, 5) is 12.9. The van der Waals surface area contributed by atoms with Gasteiger partial charge in [-0.15, -0.1) is 0 Å². The molecule has 0 heterocycles. The van der Waals surface area contributed by atoms with Gasteiger partial charge in [-0.1, -0.05) is 34.1 Å². The molecule has 3 nitrogen and oxygen atoms in total. The number of halogens is 1. The largest absolute Gasteiger partial charge is 0.368 e. The second-order valence-corrected chi connectivity index (χ2v) is 4.44. The predicted octanol–water partition coefficient (Wildman–Crippen LogP) is 1.75. The number of amides is 1. The molecule has 15 heavy (non-hydrogen) atoms. The van der Waals surface area contributed by atoms with Crippen LogP contribution >= 0.6 is 15.9 Å². The van der Waals surface area contributed by atoms with Crippen LogP contribution in [-0.2, 0) is 11.3 Å². The molecule has 0 radical (unpaired) electrons. The molecule has 0 bridgehead atoms. The summed E-state index contributed by atoms with van der Waals surface area (Å²) in [6, 6.07) is 7.69. The Morgan fingerprint density at radius 2 is 2.13 bits per heavy atom. The van der Waals surface area contributed by atoms with E-state index in [0.717, 1.165) is 10.0 Å². The van der Waals surface area contributed by atoms with E-state index in [1.54, 1.807) is 6.92 Å². The van der Waals surface area contributed by atoms with Gasteiger partial charge in [0, 0.05) is 11.0 Å². The van der Waals surface area contributed by atoms with Crippen molar-refractivity contribution in [2.75, 3.05) is 7.05 Å². The molecule has 0 saturated heterocycles. The van der Waals surface area contributed by atoms with Crippen LogP contribution in [0.1, 0.15) is 12.5 Å². The monoisotopic (exact) mass is 270 g/mol. The van der Waals surface area contributed by atoms with E-state index in [4.69, 9.17) is 5.73 Å². The van der Waals surface area contributed by atoms with E-state index in [-0.39, 0.29) is 11.9 Å². The molecule has 1 atom stereocenters. The summed E-state index contributed by atoms with van der Waals surface area (Å²) >= 11 is 3.47. The highest BCUT2D eigenvalue weighted by atomic mass is 79.9. The Morgan fingerprint density at radius 3 is 2.67 bits per heavy atom. The van der Waals surface area contributed by atoms with Gasteiger partial charge in [-0.2, -0.15) is 0 Å². The lowest BCUT2D eigenvalue weighted by Gasteiger charge is -2.22. The third-order valence-corrected chi connectivity index (χ3v) is 3.22. The molecule has 1 unspecified atom stereocenters. The smallest absolute Gasteiger partial charge is 0.234 e. The van der Waals surface area contributed by atoms with Gasteiger partial charge in [-0.05, 0) is 25.6 Å². The summed E-state index contributed by atoms with van der Waals surface area (Å²) in [5.74, 6) is -0.301. The quantitative estimate of drug-likeness (QED) is 0.906. The second-order valence-electron chi connectivity index (χ2n) is 3.58. The Balaban J connectivity index is 2.70. The Labute approximate surface area is 98.4 Å². The van der Waals surface area contributed by atoms with Crippen LogP contribution in [0.15, 0.2) is 28.7 Å². The van der Waals surface area contributed by atoms with Crippen LogP contribution in [0.5, 0.6) is 0 Å². The number of nitrogens with zero attached hydrogens (tertiary/aromatic N) is 1. The molecule has 1 aromatic carbocycles. The third-order valence-electron chi connectivity index (χ3n) is 2.45. The summed E-state index contributed by atoms with van der Waals surface area (Å²) in [5, 5.41) is 0. The van der Waals surface area contributed by atoms with Crippen molar-refractivity contribution in [3.8, 4) is 0 Å². The van der Waals surface area contributed by atoms with Crippen molar-refractivity contribution in [1.29, 1.82) is 0 Å². The molecular weight excluding hydrogens is 256 g/mol. The average Bonchev–Trinajstić information content (AvgIpc) is 2.20. The highest BCUT2D eigenvalue weighted by Gasteiger charge is 2.15. The maximum Gasteiger partial charge on any atom is 0.234 e. The fraction of sp³-hybridized carbons (Fsp3) is 0.364. The van der Waals surface area contributed by atoms with Crippen molar-refractivity contribution in [1.82, 2.24) is 4.90 Å². The second kappa shape index (κ2) is 5.28. The number of carbonyl (C=O) groups excluding carboxylic acids is 1. The zero-order valence-electron chi connectivity index (χ0n) is 8.90. The van der Waals surface area contributed by atoms with Gasteiger partial charge in [0.05, 0.1) is 6.04 Å². The lowest BCUT2D eigenvalue weighted by atomic mass is 10.2. The Kier molecular flexibility index (Phi) is 4.29. The van der Waals surface area contributed by atoms with Crippen LogP contribution in [0.3, 0.4) is 0 Å². The van der Waals surface area contributed by atoms with E-state index in [0.29, 0.717) is 6.54 Å². The maximum absolute atomic E-state index is 11.0. The van der Waals surface area contributed by atoms with Crippen molar-refractivity contribution >= 4 is 21.8 Å². The molecule has 0 aliphatic rings. The van der Waals surface area contributed by atoms with Gasteiger partial charge in [-0.25, -0.2) is 0 Å². The van der Waals surface area contributed by atoms with E-state index in [1.807, 2.05) is 36.2 Å². The van der Waals surface area contributed by atoms with Crippen LogP contribution in [0, 0.1) is 0 Å². The summed E-state index contributed by atoms with van der Waals surface area (Å²) in [5.41, 5.74) is 6.38. The van der Waals surface area contributed by atoms with Crippen LogP contribution in [0.4, 0.5) is 0 Å². The molecule has 0 fully saturated rings. The summed E-state index contributed by atoms with van der Waals surface area (Å²) in [7, 11) is 1.88. The number of carbonyl (C=O) groups is 1. The van der Waals surface area contributed by atoms with Crippen molar-refractivity contribution in [3.63, 3.8) is 0 Å². The Bertz CT molecular complexity index is 354. The first-order chi connectivity index (χ1) is 7.02. The zero-order valence-corrected chi connectivity index (χ0v) is 10.5. The highest BCUT2D eigenvalue weighted by molar-refractivity contribution is 9.10. The first-order valence-electron chi connectivity index (χ1n) is 4.75. The molecule has 2 N–H and O–H groups in total. The third kappa shape index (κ3) is 3.32. The molecule has 0 saturated carbocycles. The van der Waals surface area contributed by atoms with Gasteiger partial charge < -0.3 is 5.73 Å². The number of hydrogen-bond donors (Lipinski definition) is 1. The minimum absolute atomic E-state index is 0.253. The molecule has 0 aliphatic carbocycles. The van der Waals surface area contributed by atoms with Crippen LogP contribution in [-0.4, -0.2) is 23.9 Å². The minimum atomic E-state index is -0.301. The molecular formula is C11H15BrN2O. The van der Waals surface area contributed by atoms with E-state index in [1.165, 1.54) is 0 Å². The topological polar surface area (TPSA) is 46.3 Å². The highest BCUT2D eigenvalue weighted by Crippen LogP contribution is 2.17. The molecule has 1 amide bonds. The van der Waals surface area contributed by atoms with E-state index >= 15 is 0 Å². The molecule has 1 rings (SSSR count). The van der Waals surface area contributed by atoms with Crippen molar-refractivity contribution < 1.29 is 4.79 Å². The molecule has 1 aromatic rings. The molecule has 0 aromatic heterocycles. The summed E-state index contributed by atoms with van der Waals surface area (Å²) < 4.78 is 1.05. The summed E-state index contributed by atoms with van der Waals surface area (Å²) in [6.45, 7) is 2.50. The number of primary amides is 1. The first kappa shape index (κ1) is 12.2. The van der Waals surface area contributed by atoms with E-state index in [2.05, 4.69) is 15.9 Å². The van der Waals surface area contributed by atoms with Gasteiger partial charge in [0.1, 0.15) is 0 Å². The minimum Gasteiger partial charge on any atom is -0.368 e. The first-order valence-corrected chi connectivity index (χ1v) is 5.54. The van der Waals surface area contributed by atoms with E-state index < -0.39 is 0 Å². The van der Waals surface area contributed by atoms with Crippen LogP contribution in [0.25, 0.3) is 0 Å². The number of hydrogen-bond acceptors (Lipinski definition) is 2. The SMILES string of the molecule is CC(C(N)=O)N(C)Cc1ccccc1Br. The molecule has 0 spiro atoms. The van der Waals surface area contributed by atoms with Gasteiger partial charge in [0.2, 0.25) is 5.91 Å². The number of likely N-dealkylation sites (N-methyl/N-ethyl adjacent to an activating group) is 1. The van der Waals surface area contributed by atoms with Gasteiger partial charge in [0.15, 0.2) is 0 Å². The molecule has 4 heteroatoms. The van der Waals surface area contributed by atoms with Crippen molar-refractivity contribution in [2.45, 2.75) is 19.5 Å². The van der Waals surface area contributed by atoms with Gasteiger partial charge in [-0.3, -0.25) is 9.69 Å². The Hall–Kier alpha value is -0.870. The lowest BCUT2D eigenvalue weighted by molar-refractivity contribution is -0.122. The number of rotatable bonds is 4. The van der Waals surface area contributed by atoms with Crippen LogP contribution < -0.4 is 5.73 Å². The average molecular weight is 271 g/mol. The van der Waals surface area contributed by atoms with Crippen molar-refractivity contribution in [2.24, 2.45) is 5.73 Å². The lowest BCUT2D eigenvalue weighted by Crippen LogP contribution is -2.39. The zero-order chi connectivity index (χ0) is 11.4. The van der Waals surface area contributed by atoms with Gasteiger partial charge in [0.25, 0.3) is 0 Å². The van der Waals surface area contributed by atoms with Crippen molar-refractivity contribution in [3.05, 3.63) is 34.3 Å². The van der Waals surface area contributed by atoms with Crippen LogP contribution in [0.2, 0.25) is 0 Å². The van der Waals surface area contributed by atoms with E-state index in [9.17, 15) is 4.79 Å².